The van der Waals surface area contributed by atoms with Crippen LogP contribution in [0.4, 0.5) is 23.4 Å². The number of amides is 1. The van der Waals surface area contributed by atoms with E-state index in [2.05, 4.69) is 15.0 Å². The summed E-state index contributed by atoms with van der Waals surface area (Å²) in [6, 6.07) is 2.99. The van der Waals surface area contributed by atoms with Gasteiger partial charge in [0.25, 0.3) is 5.91 Å². The van der Waals surface area contributed by atoms with Crippen molar-refractivity contribution in [1.82, 2.24) is 19.9 Å². The van der Waals surface area contributed by atoms with Crippen molar-refractivity contribution < 1.29 is 37.0 Å². The second-order valence-electron chi connectivity index (χ2n) is 7.49. The zero-order valence-corrected chi connectivity index (χ0v) is 17.3. The number of carboxylic acids is 1. The summed E-state index contributed by atoms with van der Waals surface area (Å²) in [7, 11) is 0. The minimum atomic E-state index is -5.08. The van der Waals surface area contributed by atoms with Crippen molar-refractivity contribution in [2.45, 2.75) is 24.6 Å². The predicted molar refractivity (Wildman–Crippen MR) is 106 cm³/mol. The van der Waals surface area contributed by atoms with Crippen molar-refractivity contribution >= 4 is 17.7 Å². The molecule has 0 aliphatic carbocycles. The molecule has 1 N–H and O–H groups in total. The summed E-state index contributed by atoms with van der Waals surface area (Å²) in [5.74, 6) is -2.91. The lowest BCUT2D eigenvalue weighted by atomic mass is 9.90. The van der Waals surface area contributed by atoms with Crippen LogP contribution in [-0.4, -0.2) is 81.4 Å². The fourth-order valence-corrected chi connectivity index (χ4v) is 3.73. The quantitative estimate of drug-likeness (QED) is 0.664. The number of aliphatic carboxylic acids is 1. The molecular formula is C20H21F4N5O4. The van der Waals surface area contributed by atoms with Crippen molar-refractivity contribution in [1.29, 1.82) is 0 Å². The predicted octanol–water partition coefficient (Wildman–Crippen LogP) is 2.16. The Labute approximate surface area is 186 Å². The number of pyridine rings is 1. The summed E-state index contributed by atoms with van der Waals surface area (Å²) in [6.45, 7) is 2.63. The minimum Gasteiger partial charge on any atom is -0.475 e. The van der Waals surface area contributed by atoms with Gasteiger partial charge in [0, 0.05) is 31.7 Å². The first-order chi connectivity index (χ1) is 15.6. The molecule has 2 aromatic heterocycles. The van der Waals surface area contributed by atoms with Crippen LogP contribution in [0.15, 0.2) is 36.9 Å². The van der Waals surface area contributed by atoms with Crippen LogP contribution in [-0.2, 0) is 9.53 Å². The second kappa shape index (κ2) is 10.1. The van der Waals surface area contributed by atoms with Crippen LogP contribution in [0.2, 0.25) is 0 Å². The highest BCUT2D eigenvalue weighted by atomic mass is 19.4. The number of carbonyl (C=O) groups excluding carboxylic acids is 1. The van der Waals surface area contributed by atoms with Crippen LogP contribution in [0.3, 0.4) is 0 Å². The normalized spacial score (nSPS) is 20.7. The largest absolute Gasteiger partial charge is 0.490 e. The number of anilines is 1. The summed E-state index contributed by atoms with van der Waals surface area (Å²) < 4.78 is 52.0. The number of ether oxygens (including phenoxy) is 1. The molecule has 2 aliphatic heterocycles. The summed E-state index contributed by atoms with van der Waals surface area (Å²) in [4.78, 5) is 37.5. The van der Waals surface area contributed by atoms with E-state index >= 15 is 0 Å². The molecule has 0 aromatic carbocycles. The standard InChI is InChI=1S/C18H20FN5O2.C2HF3O2/c19-14-3-1-5-22-16(14)23-8-2-4-18(12-23)13-24(9-10-26-18)17(25)15-11-20-6-7-21-15;3-2(4,5)1(6)7/h1,3,5-7,11H,2,4,8-10,12-13H2;(H,6,7). The van der Waals surface area contributed by atoms with Gasteiger partial charge in [0.2, 0.25) is 0 Å². The van der Waals surface area contributed by atoms with Crippen LogP contribution >= 0.6 is 0 Å². The Morgan fingerprint density at radius 1 is 1.12 bits per heavy atom. The molecule has 1 amide bonds. The highest BCUT2D eigenvalue weighted by molar-refractivity contribution is 5.92. The van der Waals surface area contributed by atoms with Crippen molar-refractivity contribution in [3.8, 4) is 0 Å². The summed E-state index contributed by atoms with van der Waals surface area (Å²) in [5.41, 5.74) is -0.189. The summed E-state index contributed by atoms with van der Waals surface area (Å²) >= 11 is 0. The van der Waals surface area contributed by atoms with Crippen molar-refractivity contribution in [3.05, 3.63) is 48.4 Å². The Morgan fingerprint density at radius 3 is 2.52 bits per heavy atom. The van der Waals surface area contributed by atoms with Gasteiger partial charge in [0.1, 0.15) is 11.3 Å². The van der Waals surface area contributed by atoms with Gasteiger partial charge in [0.05, 0.1) is 25.9 Å². The monoisotopic (exact) mass is 471 g/mol. The molecule has 33 heavy (non-hydrogen) atoms. The molecule has 178 valence electrons. The second-order valence-corrected chi connectivity index (χ2v) is 7.49. The van der Waals surface area contributed by atoms with Crippen LogP contribution in [0.25, 0.3) is 0 Å². The van der Waals surface area contributed by atoms with Gasteiger partial charge in [-0.25, -0.2) is 19.2 Å². The lowest BCUT2D eigenvalue weighted by Crippen LogP contribution is -2.61. The molecule has 0 bridgehead atoms. The fraction of sp³-hybridized carbons (Fsp3) is 0.450. The van der Waals surface area contributed by atoms with E-state index in [1.807, 2.05) is 4.90 Å². The Balaban J connectivity index is 0.000000383. The molecule has 9 nitrogen and oxygen atoms in total. The molecule has 0 saturated carbocycles. The molecular weight excluding hydrogens is 450 g/mol. The van der Waals surface area contributed by atoms with Gasteiger partial charge in [-0.1, -0.05) is 0 Å². The van der Waals surface area contributed by atoms with E-state index in [9.17, 15) is 22.4 Å². The highest BCUT2D eigenvalue weighted by Crippen LogP contribution is 2.32. The molecule has 2 fully saturated rings. The topological polar surface area (TPSA) is 109 Å². The number of rotatable bonds is 2. The number of nitrogens with zero attached hydrogens (tertiary/aromatic N) is 5. The van der Waals surface area contributed by atoms with E-state index in [-0.39, 0.29) is 11.7 Å². The maximum absolute atomic E-state index is 14.1. The number of carboxylic acid groups (broad SMARTS) is 1. The van der Waals surface area contributed by atoms with Gasteiger partial charge in [0.15, 0.2) is 11.6 Å². The molecule has 2 aromatic rings. The molecule has 2 aliphatic rings. The Bertz CT molecular complexity index is 974. The van der Waals surface area contributed by atoms with E-state index in [0.717, 1.165) is 19.4 Å². The first kappa shape index (κ1) is 24.3. The van der Waals surface area contributed by atoms with Gasteiger partial charge in [-0.3, -0.25) is 9.78 Å². The number of hydrogen-bond acceptors (Lipinski definition) is 7. The molecule has 4 rings (SSSR count). The zero-order valence-electron chi connectivity index (χ0n) is 17.3. The Hall–Kier alpha value is -3.35. The molecule has 1 spiro atoms. The summed E-state index contributed by atoms with van der Waals surface area (Å²) in [5, 5.41) is 7.12. The van der Waals surface area contributed by atoms with Gasteiger partial charge in [-0.2, -0.15) is 13.2 Å². The molecule has 13 heteroatoms. The number of alkyl halides is 3. The average Bonchev–Trinajstić information content (AvgIpc) is 2.79. The lowest BCUT2D eigenvalue weighted by molar-refractivity contribution is -0.192. The fourth-order valence-electron chi connectivity index (χ4n) is 3.73. The molecule has 4 heterocycles. The number of carbonyl (C=O) groups is 2. The van der Waals surface area contributed by atoms with E-state index < -0.39 is 17.7 Å². The van der Waals surface area contributed by atoms with Gasteiger partial charge < -0.3 is 19.6 Å². The van der Waals surface area contributed by atoms with E-state index in [4.69, 9.17) is 14.6 Å². The third kappa shape index (κ3) is 6.12. The van der Waals surface area contributed by atoms with Crippen LogP contribution < -0.4 is 4.90 Å². The van der Waals surface area contributed by atoms with Crippen molar-refractivity contribution in [2.24, 2.45) is 0 Å². The third-order valence-corrected chi connectivity index (χ3v) is 5.14. The molecule has 1 unspecified atom stereocenters. The average molecular weight is 471 g/mol. The van der Waals surface area contributed by atoms with Gasteiger partial charge >= 0.3 is 12.1 Å². The Kier molecular flexibility index (Phi) is 7.41. The number of hydrogen-bond donors (Lipinski definition) is 1. The van der Waals surface area contributed by atoms with Crippen LogP contribution in [0.5, 0.6) is 0 Å². The number of morpholine rings is 1. The third-order valence-electron chi connectivity index (χ3n) is 5.14. The lowest BCUT2D eigenvalue weighted by Gasteiger charge is -2.48. The number of halogens is 4. The van der Waals surface area contributed by atoms with Gasteiger partial charge in [-0.05, 0) is 25.0 Å². The SMILES string of the molecule is O=C(O)C(F)(F)F.O=C(c1cnccn1)N1CCOC2(CCCN(c3ncccc3F)C2)C1. The number of aromatic nitrogens is 3. The van der Waals surface area contributed by atoms with Crippen LogP contribution in [0, 0.1) is 5.82 Å². The van der Waals surface area contributed by atoms with Crippen LogP contribution in [0.1, 0.15) is 23.3 Å². The molecule has 0 radical (unpaired) electrons. The maximum Gasteiger partial charge on any atom is 0.490 e. The van der Waals surface area contributed by atoms with E-state index in [1.165, 1.54) is 24.7 Å². The first-order valence-electron chi connectivity index (χ1n) is 9.96. The summed E-state index contributed by atoms with van der Waals surface area (Å²) in [6.07, 6.45) is 2.70. The Morgan fingerprint density at radius 2 is 1.88 bits per heavy atom. The van der Waals surface area contributed by atoms with E-state index in [1.54, 1.807) is 17.2 Å². The first-order valence-corrected chi connectivity index (χ1v) is 9.96. The van der Waals surface area contributed by atoms with E-state index in [0.29, 0.717) is 37.8 Å². The van der Waals surface area contributed by atoms with Gasteiger partial charge in [-0.15, -0.1) is 0 Å². The molecule has 1 atom stereocenters. The zero-order chi connectivity index (χ0) is 24.1. The smallest absolute Gasteiger partial charge is 0.475 e. The maximum atomic E-state index is 14.1. The highest BCUT2D eigenvalue weighted by Gasteiger charge is 2.43. The van der Waals surface area contributed by atoms with Crippen molar-refractivity contribution in [2.75, 3.05) is 37.7 Å². The molecule has 2 saturated heterocycles. The van der Waals surface area contributed by atoms with Crippen molar-refractivity contribution in [3.63, 3.8) is 0 Å². The number of piperidine rings is 1. The minimum absolute atomic E-state index is 0.151.